The highest BCUT2D eigenvalue weighted by atomic mass is 15.1. The molecule has 4 heteroatoms. The first-order valence-electron chi connectivity index (χ1n) is 17.4. The highest BCUT2D eigenvalue weighted by molar-refractivity contribution is 6.24. The van der Waals surface area contributed by atoms with Crippen molar-refractivity contribution in [2.75, 3.05) is 0 Å². The van der Waals surface area contributed by atoms with Gasteiger partial charge in [-0.15, -0.1) is 0 Å². The molecule has 0 amide bonds. The highest BCUT2D eigenvalue weighted by Crippen LogP contribution is 2.42. The lowest BCUT2D eigenvalue weighted by Crippen LogP contribution is -1.99. The second kappa shape index (κ2) is 10.8. The van der Waals surface area contributed by atoms with Crippen LogP contribution in [0, 0.1) is 0 Å². The Balaban J connectivity index is 1.24. The summed E-state index contributed by atoms with van der Waals surface area (Å²) in [5.74, 6) is 0. The van der Waals surface area contributed by atoms with Crippen LogP contribution in [-0.4, -0.2) is 18.7 Å². The Morgan fingerprint density at radius 1 is 0.314 bits per heavy atom. The molecular formula is C47H30N4. The number of benzene rings is 7. The summed E-state index contributed by atoms with van der Waals surface area (Å²) >= 11 is 0. The number of para-hydroxylation sites is 3. The van der Waals surface area contributed by atoms with E-state index in [1.54, 1.807) is 0 Å². The van der Waals surface area contributed by atoms with E-state index in [1.807, 2.05) is 12.3 Å². The van der Waals surface area contributed by atoms with Crippen LogP contribution < -0.4 is 0 Å². The Bertz CT molecular complexity index is 3110. The van der Waals surface area contributed by atoms with Gasteiger partial charge in [-0.25, -0.2) is 4.98 Å². The molecule has 7 aromatic carbocycles. The van der Waals surface area contributed by atoms with Crippen molar-refractivity contribution in [3.8, 4) is 28.2 Å². The molecule has 4 heterocycles. The number of hydrogen-bond acceptors (Lipinski definition) is 1. The van der Waals surface area contributed by atoms with Crippen LogP contribution in [0.2, 0.25) is 0 Å². The fourth-order valence-corrected chi connectivity index (χ4v) is 8.28. The fraction of sp³-hybridized carbons (Fsp3) is 0. The molecule has 0 radical (unpaired) electrons. The minimum absolute atomic E-state index is 0.958. The normalized spacial score (nSPS) is 11.9. The minimum Gasteiger partial charge on any atom is -0.307 e. The summed E-state index contributed by atoms with van der Waals surface area (Å²) in [4.78, 5) is 4.88. The number of hydrogen-bond donors (Lipinski definition) is 0. The molecule has 0 spiro atoms. The smallest absolute Gasteiger partial charge is 0.145 e. The maximum Gasteiger partial charge on any atom is 0.145 e. The van der Waals surface area contributed by atoms with Gasteiger partial charge in [0, 0.05) is 55.6 Å². The van der Waals surface area contributed by atoms with Gasteiger partial charge in [0.05, 0.1) is 27.6 Å². The number of rotatable bonds is 4. The Morgan fingerprint density at radius 2 is 0.824 bits per heavy atom. The minimum atomic E-state index is 0.958. The summed E-state index contributed by atoms with van der Waals surface area (Å²) in [7, 11) is 0. The molecule has 0 aliphatic carbocycles. The van der Waals surface area contributed by atoms with E-state index in [9.17, 15) is 0 Å². The largest absolute Gasteiger partial charge is 0.307 e. The van der Waals surface area contributed by atoms with Gasteiger partial charge in [0.1, 0.15) is 5.65 Å². The van der Waals surface area contributed by atoms with E-state index in [4.69, 9.17) is 4.98 Å². The van der Waals surface area contributed by atoms with Crippen molar-refractivity contribution in [1.29, 1.82) is 0 Å². The average Bonchev–Trinajstić information content (AvgIpc) is 3.84. The van der Waals surface area contributed by atoms with Crippen LogP contribution in [0.5, 0.6) is 0 Å². The molecule has 0 aliphatic rings. The zero-order valence-electron chi connectivity index (χ0n) is 27.6. The van der Waals surface area contributed by atoms with Crippen LogP contribution in [0.1, 0.15) is 0 Å². The van der Waals surface area contributed by atoms with Crippen LogP contribution in [0.3, 0.4) is 0 Å². The first-order chi connectivity index (χ1) is 25.3. The molecule has 0 unspecified atom stereocenters. The molecule has 4 aromatic heterocycles. The van der Waals surface area contributed by atoms with Gasteiger partial charge >= 0.3 is 0 Å². The molecule has 0 N–H and O–H groups in total. The zero-order valence-corrected chi connectivity index (χ0v) is 27.6. The zero-order chi connectivity index (χ0) is 33.5. The number of aromatic nitrogens is 4. The molecule has 0 aliphatic heterocycles. The third-order valence-corrected chi connectivity index (χ3v) is 10.5. The maximum atomic E-state index is 4.88. The van der Waals surface area contributed by atoms with Crippen molar-refractivity contribution in [3.05, 3.63) is 182 Å². The van der Waals surface area contributed by atoms with Gasteiger partial charge in [-0.1, -0.05) is 109 Å². The van der Waals surface area contributed by atoms with Gasteiger partial charge in [-0.2, -0.15) is 0 Å². The summed E-state index contributed by atoms with van der Waals surface area (Å²) < 4.78 is 7.21. The molecule has 0 bridgehead atoms. The number of nitrogens with zero attached hydrogens (tertiary/aromatic N) is 4. The molecule has 0 saturated heterocycles. The second-order valence-corrected chi connectivity index (χ2v) is 13.2. The monoisotopic (exact) mass is 650 g/mol. The van der Waals surface area contributed by atoms with Gasteiger partial charge in [0.15, 0.2) is 0 Å². The SMILES string of the molecule is c1ccc(-c2ccc(-n3c4ccccc4c4ccc5c6ccccc6n(-c6ccc7c(c6)c6cccnc6n7-c6ccccc6)c5c43)cc2)cc1. The Morgan fingerprint density at radius 3 is 1.51 bits per heavy atom. The lowest BCUT2D eigenvalue weighted by Gasteiger charge is -2.13. The van der Waals surface area contributed by atoms with Crippen molar-refractivity contribution in [2.45, 2.75) is 0 Å². The molecule has 0 fully saturated rings. The van der Waals surface area contributed by atoms with Crippen LogP contribution in [0.25, 0.3) is 93.7 Å². The lowest BCUT2D eigenvalue weighted by atomic mass is 10.1. The third-order valence-electron chi connectivity index (χ3n) is 10.5. The summed E-state index contributed by atoms with van der Waals surface area (Å²) in [6.45, 7) is 0. The molecule has 0 saturated carbocycles. The number of pyridine rings is 1. The molecule has 4 nitrogen and oxygen atoms in total. The van der Waals surface area contributed by atoms with E-state index in [-0.39, 0.29) is 0 Å². The Labute approximate surface area is 293 Å². The van der Waals surface area contributed by atoms with Crippen LogP contribution in [0.15, 0.2) is 182 Å². The average molecular weight is 651 g/mol. The lowest BCUT2D eigenvalue weighted by molar-refractivity contribution is 1.13. The van der Waals surface area contributed by atoms with E-state index < -0.39 is 0 Å². The van der Waals surface area contributed by atoms with Crippen molar-refractivity contribution >= 4 is 65.5 Å². The van der Waals surface area contributed by atoms with E-state index in [1.165, 1.54) is 60.1 Å². The van der Waals surface area contributed by atoms with Crippen LogP contribution in [-0.2, 0) is 0 Å². The quantitative estimate of drug-likeness (QED) is 0.186. The summed E-state index contributed by atoms with van der Waals surface area (Å²) in [6, 6.07) is 63.5. The summed E-state index contributed by atoms with van der Waals surface area (Å²) in [5, 5.41) is 7.26. The topological polar surface area (TPSA) is 27.7 Å². The second-order valence-electron chi connectivity index (χ2n) is 13.2. The molecule has 11 rings (SSSR count). The van der Waals surface area contributed by atoms with Gasteiger partial charge in [-0.05, 0) is 77.9 Å². The van der Waals surface area contributed by atoms with Gasteiger partial charge < -0.3 is 9.13 Å². The molecule has 51 heavy (non-hydrogen) atoms. The van der Waals surface area contributed by atoms with Crippen LogP contribution >= 0.6 is 0 Å². The molecule has 238 valence electrons. The first kappa shape index (κ1) is 28.0. The predicted molar refractivity (Wildman–Crippen MR) is 213 cm³/mol. The summed E-state index contributed by atoms with van der Waals surface area (Å²) in [5.41, 5.74) is 12.6. The van der Waals surface area contributed by atoms with Crippen molar-refractivity contribution in [2.24, 2.45) is 0 Å². The molecule has 0 atom stereocenters. The predicted octanol–water partition coefficient (Wildman–Crippen LogP) is 12.0. The molecule has 11 aromatic rings. The van der Waals surface area contributed by atoms with Crippen molar-refractivity contribution < 1.29 is 0 Å². The standard InChI is InChI=1S/C47H30N4/c1-3-12-31(13-4-1)32-21-23-34(24-22-32)49-42-19-9-7-16-36(42)38-26-27-39-37-17-8-10-20-43(37)50(46(39)45(38)49)35-25-28-44-41(30-35)40-18-11-29-48-47(40)51(44)33-14-5-2-6-15-33/h1-30H. The first-order valence-corrected chi connectivity index (χ1v) is 17.4. The Hall–Kier alpha value is -6.91. The van der Waals surface area contributed by atoms with Gasteiger partial charge in [0.25, 0.3) is 0 Å². The highest BCUT2D eigenvalue weighted by Gasteiger charge is 2.22. The van der Waals surface area contributed by atoms with E-state index in [0.717, 1.165) is 33.6 Å². The van der Waals surface area contributed by atoms with E-state index >= 15 is 0 Å². The fourth-order valence-electron chi connectivity index (χ4n) is 8.28. The Kier molecular flexibility index (Phi) is 5.92. The van der Waals surface area contributed by atoms with Crippen LogP contribution in [0.4, 0.5) is 0 Å². The van der Waals surface area contributed by atoms with Gasteiger partial charge in [0.2, 0.25) is 0 Å². The number of fused-ring (bicyclic) bond motifs is 10. The van der Waals surface area contributed by atoms with E-state index in [0.29, 0.717) is 0 Å². The van der Waals surface area contributed by atoms with E-state index in [2.05, 4.69) is 184 Å². The van der Waals surface area contributed by atoms with Crippen molar-refractivity contribution in [3.63, 3.8) is 0 Å². The van der Waals surface area contributed by atoms with Gasteiger partial charge in [-0.3, -0.25) is 4.57 Å². The molecular weight excluding hydrogens is 621 g/mol. The third kappa shape index (κ3) is 4.05. The maximum absolute atomic E-state index is 4.88. The van der Waals surface area contributed by atoms with Crippen molar-refractivity contribution in [1.82, 2.24) is 18.7 Å². The summed E-state index contributed by atoms with van der Waals surface area (Å²) in [6.07, 6.45) is 1.89.